The van der Waals surface area contributed by atoms with Crippen LogP contribution >= 0.6 is 70.1 Å². The van der Waals surface area contributed by atoms with E-state index >= 15 is 0 Å². The summed E-state index contributed by atoms with van der Waals surface area (Å²) in [7, 11) is 0. The van der Waals surface area contributed by atoms with Gasteiger partial charge in [-0.15, -0.1) is 11.8 Å². The standard InChI is InChI=1S/C23H15Cl3N2OS3/c24-15-1-7-18(8-2-15)30-14-22(29)28-21(13-27)23(31-19-9-3-16(25)4-10-19)32-20-11-5-17(26)6-12-20/h1-12H,14H2,(H,28,29). The van der Waals surface area contributed by atoms with Crippen molar-refractivity contribution in [1.29, 1.82) is 5.26 Å². The molecule has 3 aromatic carbocycles. The first-order valence-corrected chi connectivity index (χ1v) is 12.9. The van der Waals surface area contributed by atoms with E-state index in [1.54, 1.807) is 36.4 Å². The van der Waals surface area contributed by atoms with Crippen LogP contribution < -0.4 is 5.32 Å². The fourth-order valence-corrected chi connectivity index (χ4v) is 5.51. The van der Waals surface area contributed by atoms with Crippen LogP contribution in [0.1, 0.15) is 0 Å². The molecule has 3 nitrogen and oxygen atoms in total. The van der Waals surface area contributed by atoms with Crippen molar-refractivity contribution in [3.63, 3.8) is 0 Å². The minimum atomic E-state index is -0.271. The summed E-state index contributed by atoms with van der Waals surface area (Å²) < 4.78 is 0.641. The summed E-state index contributed by atoms with van der Waals surface area (Å²) in [4.78, 5) is 15.3. The highest BCUT2D eigenvalue weighted by Crippen LogP contribution is 2.41. The quantitative estimate of drug-likeness (QED) is 0.232. The van der Waals surface area contributed by atoms with Gasteiger partial charge < -0.3 is 5.32 Å². The van der Waals surface area contributed by atoms with Crippen LogP contribution in [0.2, 0.25) is 15.1 Å². The molecule has 162 valence electrons. The fourth-order valence-electron chi connectivity index (χ4n) is 2.32. The van der Waals surface area contributed by atoms with Crippen molar-refractivity contribution < 1.29 is 4.79 Å². The molecule has 0 saturated carbocycles. The van der Waals surface area contributed by atoms with Gasteiger partial charge in [0.15, 0.2) is 0 Å². The molecule has 0 radical (unpaired) electrons. The number of carbonyl (C=O) groups excluding carboxylic acids is 1. The van der Waals surface area contributed by atoms with E-state index in [-0.39, 0.29) is 17.4 Å². The normalized spacial score (nSPS) is 10.3. The Balaban J connectivity index is 1.78. The van der Waals surface area contributed by atoms with Crippen LogP contribution in [0.4, 0.5) is 0 Å². The van der Waals surface area contributed by atoms with E-state index in [1.165, 1.54) is 35.3 Å². The molecule has 32 heavy (non-hydrogen) atoms. The van der Waals surface area contributed by atoms with Crippen LogP contribution in [-0.2, 0) is 4.79 Å². The van der Waals surface area contributed by atoms with Crippen LogP contribution in [0, 0.1) is 11.3 Å². The van der Waals surface area contributed by atoms with Crippen LogP contribution in [0.5, 0.6) is 0 Å². The summed E-state index contributed by atoms with van der Waals surface area (Å²) in [6.07, 6.45) is 0. The first kappa shape index (κ1) is 24.9. The monoisotopic (exact) mass is 536 g/mol. The van der Waals surface area contributed by atoms with Crippen molar-refractivity contribution >= 4 is 76.0 Å². The molecule has 3 rings (SSSR count). The van der Waals surface area contributed by atoms with E-state index in [4.69, 9.17) is 34.8 Å². The molecular weight excluding hydrogens is 523 g/mol. The Morgan fingerprint density at radius 3 is 1.56 bits per heavy atom. The van der Waals surface area contributed by atoms with Gasteiger partial charge in [0.25, 0.3) is 0 Å². The Bertz CT molecular complexity index is 1090. The number of hydrogen-bond donors (Lipinski definition) is 1. The van der Waals surface area contributed by atoms with Crippen molar-refractivity contribution in [3.05, 3.63) is 97.8 Å². The molecule has 0 heterocycles. The highest BCUT2D eigenvalue weighted by molar-refractivity contribution is 8.22. The van der Waals surface area contributed by atoms with Crippen molar-refractivity contribution in [2.75, 3.05) is 5.75 Å². The van der Waals surface area contributed by atoms with Gasteiger partial charge in [0.05, 0.1) is 9.99 Å². The third-order valence-electron chi connectivity index (χ3n) is 3.81. The smallest absolute Gasteiger partial charge is 0.235 e. The SMILES string of the molecule is N#CC(NC(=O)CSc1ccc(Cl)cc1)=C(Sc1ccc(Cl)cc1)Sc1ccc(Cl)cc1. The fraction of sp³-hybridized carbons (Fsp3) is 0.0435. The first-order valence-electron chi connectivity index (χ1n) is 9.12. The molecule has 0 aliphatic carbocycles. The number of halogens is 3. The second-order valence-electron chi connectivity index (χ2n) is 6.18. The van der Waals surface area contributed by atoms with Crippen LogP contribution in [0.15, 0.2) is 97.4 Å². The third kappa shape index (κ3) is 8.00. The van der Waals surface area contributed by atoms with Gasteiger partial charge in [0.1, 0.15) is 11.8 Å². The number of benzene rings is 3. The molecule has 1 N–H and O–H groups in total. The Hall–Kier alpha value is -1.72. The summed E-state index contributed by atoms with van der Waals surface area (Å²) in [6.45, 7) is 0. The Morgan fingerprint density at radius 1 is 0.750 bits per heavy atom. The van der Waals surface area contributed by atoms with E-state index < -0.39 is 0 Å². The zero-order valence-corrected chi connectivity index (χ0v) is 21.1. The minimum absolute atomic E-state index is 0.164. The van der Waals surface area contributed by atoms with E-state index in [9.17, 15) is 10.1 Å². The van der Waals surface area contributed by atoms with Crippen molar-refractivity contribution in [1.82, 2.24) is 5.32 Å². The summed E-state index contributed by atoms with van der Waals surface area (Å²) in [5.41, 5.74) is 0.187. The van der Waals surface area contributed by atoms with Gasteiger partial charge in [-0.1, -0.05) is 58.3 Å². The molecule has 3 aromatic rings. The molecule has 1 amide bonds. The molecule has 0 spiro atoms. The lowest BCUT2D eigenvalue weighted by molar-refractivity contribution is -0.117. The average molecular weight is 538 g/mol. The Morgan fingerprint density at radius 2 is 1.16 bits per heavy atom. The number of allylic oxidation sites excluding steroid dienone is 1. The lowest BCUT2D eigenvalue weighted by Gasteiger charge is -2.12. The van der Waals surface area contributed by atoms with Gasteiger partial charge in [-0.05, 0) is 72.8 Å². The molecule has 0 bridgehead atoms. The molecule has 0 aliphatic heterocycles. The summed E-state index contributed by atoms with van der Waals surface area (Å²) in [5, 5.41) is 14.4. The van der Waals surface area contributed by atoms with E-state index in [0.717, 1.165) is 14.7 Å². The average Bonchev–Trinajstić information content (AvgIpc) is 2.79. The van der Waals surface area contributed by atoms with Gasteiger partial charge in [0, 0.05) is 29.8 Å². The summed E-state index contributed by atoms with van der Waals surface area (Å²) in [6, 6.07) is 23.9. The van der Waals surface area contributed by atoms with Gasteiger partial charge in [-0.3, -0.25) is 4.79 Å². The maximum Gasteiger partial charge on any atom is 0.235 e. The number of rotatable bonds is 8. The summed E-state index contributed by atoms with van der Waals surface area (Å²) >= 11 is 22.0. The zero-order chi connectivity index (χ0) is 22.9. The lowest BCUT2D eigenvalue weighted by atomic mass is 10.4. The van der Waals surface area contributed by atoms with E-state index in [1.807, 2.05) is 36.4 Å². The maximum atomic E-state index is 12.6. The highest BCUT2D eigenvalue weighted by atomic mass is 35.5. The van der Waals surface area contributed by atoms with Gasteiger partial charge in [-0.2, -0.15) is 5.26 Å². The molecule has 0 aromatic heterocycles. The zero-order valence-electron chi connectivity index (χ0n) is 16.3. The van der Waals surface area contributed by atoms with Gasteiger partial charge in [0.2, 0.25) is 5.91 Å². The second kappa shape index (κ2) is 12.5. The van der Waals surface area contributed by atoms with Crippen molar-refractivity contribution in [2.24, 2.45) is 0 Å². The number of nitrogens with zero attached hydrogens (tertiary/aromatic N) is 1. The van der Waals surface area contributed by atoms with E-state index in [2.05, 4.69) is 11.4 Å². The van der Waals surface area contributed by atoms with Crippen molar-refractivity contribution in [3.8, 4) is 6.07 Å². The first-order chi connectivity index (χ1) is 15.4. The summed E-state index contributed by atoms with van der Waals surface area (Å²) in [5.74, 6) is -0.107. The van der Waals surface area contributed by atoms with Crippen LogP contribution in [-0.4, -0.2) is 11.7 Å². The number of carbonyl (C=O) groups is 1. The van der Waals surface area contributed by atoms with Crippen LogP contribution in [0.3, 0.4) is 0 Å². The predicted molar refractivity (Wildman–Crippen MR) is 138 cm³/mol. The molecular formula is C23H15Cl3N2OS3. The Labute approximate surface area is 214 Å². The topological polar surface area (TPSA) is 52.9 Å². The predicted octanol–water partition coefficient (Wildman–Crippen LogP) is 8.13. The van der Waals surface area contributed by atoms with Gasteiger partial charge in [-0.25, -0.2) is 0 Å². The number of amides is 1. The molecule has 0 atom stereocenters. The van der Waals surface area contributed by atoms with E-state index in [0.29, 0.717) is 19.3 Å². The lowest BCUT2D eigenvalue weighted by Crippen LogP contribution is -2.24. The number of hydrogen-bond acceptors (Lipinski definition) is 5. The van der Waals surface area contributed by atoms with Gasteiger partial charge >= 0.3 is 0 Å². The molecule has 0 saturated heterocycles. The van der Waals surface area contributed by atoms with Crippen LogP contribution in [0.25, 0.3) is 0 Å². The Kier molecular flexibility index (Phi) is 9.73. The number of nitriles is 1. The number of nitrogens with one attached hydrogen (secondary N) is 1. The molecule has 0 aliphatic rings. The molecule has 0 fully saturated rings. The van der Waals surface area contributed by atoms with Crippen molar-refractivity contribution in [2.45, 2.75) is 14.7 Å². The third-order valence-corrected chi connectivity index (χ3v) is 7.88. The maximum absolute atomic E-state index is 12.6. The second-order valence-corrected chi connectivity index (χ2v) is 11.0. The molecule has 0 unspecified atom stereocenters. The largest absolute Gasteiger partial charge is 0.315 e. The highest BCUT2D eigenvalue weighted by Gasteiger charge is 2.15. The molecule has 9 heteroatoms. The minimum Gasteiger partial charge on any atom is -0.315 e. The number of thioether (sulfide) groups is 3.